The second-order valence-corrected chi connectivity index (χ2v) is 3.69. The third-order valence-corrected chi connectivity index (χ3v) is 2.26. The van der Waals surface area contributed by atoms with Crippen LogP contribution in [0.5, 0.6) is 0 Å². The summed E-state index contributed by atoms with van der Waals surface area (Å²) in [6, 6.07) is 4.76. The van der Waals surface area contributed by atoms with Crippen LogP contribution in [0.15, 0.2) is 18.2 Å². The molecule has 0 amide bonds. The van der Waals surface area contributed by atoms with E-state index in [1.54, 1.807) is 19.1 Å². The van der Waals surface area contributed by atoms with E-state index in [1.807, 2.05) is 6.92 Å². The van der Waals surface area contributed by atoms with E-state index < -0.39 is 0 Å². The first-order valence-corrected chi connectivity index (χ1v) is 5.24. The summed E-state index contributed by atoms with van der Waals surface area (Å²) in [5.41, 5.74) is 7.45. The largest absolute Gasteiger partial charge is 0.379 e. The van der Waals surface area contributed by atoms with Gasteiger partial charge in [0, 0.05) is 6.61 Å². The minimum absolute atomic E-state index is 0.171. The minimum atomic E-state index is -0.194. The van der Waals surface area contributed by atoms with Gasteiger partial charge in [-0.25, -0.2) is 4.39 Å². The molecular formula is C12H18FNO. The molecule has 2 nitrogen and oxygen atoms in total. The van der Waals surface area contributed by atoms with Gasteiger partial charge in [0.25, 0.3) is 0 Å². The molecule has 0 radical (unpaired) electrons. The van der Waals surface area contributed by atoms with Crippen LogP contribution in [0.1, 0.15) is 30.5 Å². The highest BCUT2D eigenvalue weighted by atomic mass is 19.1. The third kappa shape index (κ3) is 3.61. The van der Waals surface area contributed by atoms with Crippen LogP contribution in [-0.4, -0.2) is 13.2 Å². The number of hydrogen-bond acceptors (Lipinski definition) is 2. The lowest BCUT2D eigenvalue weighted by Crippen LogP contribution is -2.17. The number of aryl methyl sites for hydroxylation is 1. The molecule has 1 rings (SSSR count). The first-order chi connectivity index (χ1) is 7.15. The van der Waals surface area contributed by atoms with Crippen molar-refractivity contribution in [3.8, 4) is 0 Å². The molecule has 0 bridgehead atoms. The summed E-state index contributed by atoms with van der Waals surface area (Å²) >= 11 is 0. The Morgan fingerprint density at radius 2 is 2.20 bits per heavy atom. The van der Waals surface area contributed by atoms with Crippen molar-refractivity contribution in [2.75, 3.05) is 13.2 Å². The summed E-state index contributed by atoms with van der Waals surface area (Å²) < 4.78 is 18.3. The molecule has 3 heteroatoms. The Morgan fingerprint density at radius 1 is 1.47 bits per heavy atom. The van der Waals surface area contributed by atoms with E-state index in [4.69, 9.17) is 10.5 Å². The van der Waals surface area contributed by atoms with E-state index in [0.29, 0.717) is 18.8 Å². The number of hydrogen-bond donors (Lipinski definition) is 1. The molecule has 0 aliphatic heterocycles. The summed E-state index contributed by atoms with van der Waals surface area (Å²) in [6.45, 7) is 4.98. The molecule has 1 aromatic carbocycles. The average molecular weight is 211 g/mol. The molecule has 2 N–H and O–H groups in total. The van der Waals surface area contributed by atoms with Crippen molar-refractivity contribution in [1.82, 2.24) is 0 Å². The van der Waals surface area contributed by atoms with Crippen molar-refractivity contribution >= 4 is 0 Å². The summed E-state index contributed by atoms with van der Waals surface area (Å²) in [6.07, 6.45) is 0.981. The summed E-state index contributed by atoms with van der Waals surface area (Å²) in [7, 11) is 0. The zero-order valence-corrected chi connectivity index (χ0v) is 9.29. The van der Waals surface area contributed by atoms with Crippen molar-refractivity contribution in [2.45, 2.75) is 26.3 Å². The normalized spacial score (nSPS) is 12.8. The third-order valence-electron chi connectivity index (χ3n) is 2.26. The van der Waals surface area contributed by atoms with Gasteiger partial charge in [-0.2, -0.15) is 0 Å². The smallest absolute Gasteiger partial charge is 0.126 e. The maximum Gasteiger partial charge on any atom is 0.126 e. The monoisotopic (exact) mass is 211 g/mol. The van der Waals surface area contributed by atoms with Crippen molar-refractivity contribution in [1.29, 1.82) is 0 Å². The molecular weight excluding hydrogens is 193 g/mol. The maximum absolute atomic E-state index is 13.0. The number of halogens is 1. The molecule has 0 aromatic heterocycles. The fourth-order valence-corrected chi connectivity index (χ4v) is 1.35. The van der Waals surface area contributed by atoms with E-state index in [9.17, 15) is 4.39 Å². The van der Waals surface area contributed by atoms with E-state index in [2.05, 4.69) is 0 Å². The van der Waals surface area contributed by atoms with Gasteiger partial charge >= 0.3 is 0 Å². The van der Waals surface area contributed by atoms with Crippen LogP contribution in [0.3, 0.4) is 0 Å². The molecule has 0 saturated carbocycles. The Labute approximate surface area is 90.2 Å². The molecule has 0 aliphatic carbocycles. The second kappa shape index (κ2) is 5.83. The van der Waals surface area contributed by atoms with Crippen LogP contribution in [0, 0.1) is 12.7 Å². The van der Waals surface area contributed by atoms with Crippen molar-refractivity contribution in [3.05, 3.63) is 35.1 Å². The topological polar surface area (TPSA) is 35.2 Å². The molecule has 84 valence electrons. The highest BCUT2D eigenvalue weighted by Crippen LogP contribution is 2.15. The fraction of sp³-hybridized carbons (Fsp3) is 0.500. The van der Waals surface area contributed by atoms with Crippen LogP contribution in [0.4, 0.5) is 4.39 Å². The van der Waals surface area contributed by atoms with Gasteiger partial charge in [-0.1, -0.05) is 19.1 Å². The fourth-order valence-electron chi connectivity index (χ4n) is 1.35. The number of benzene rings is 1. The number of nitrogens with two attached hydrogens (primary N) is 1. The molecule has 0 aliphatic rings. The van der Waals surface area contributed by atoms with Crippen molar-refractivity contribution in [3.63, 3.8) is 0 Å². The van der Waals surface area contributed by atoms with Gasteiger partial charge in [-0.3, -0.25) is 0 Å². The van der Waals surface area contributed by atoms with Gasteiger partial charge in [-0.05, 0) is 30.5 Å². The van der Waals surface area contributed by atoms with Gasteiger partial charge in [0.15, 0.2) is 0 Å². The molecule has 1 atom stereocenters. The second-order valence-electron chi connectivity index (χ2n) is 3.69. The van der Waals surface area contributed by atoms with E-state index >= 15 is 0 Å². The van der Waals surface area contributed by atoms with Gasteiger partial charge in [0.05, 0.1) is 12.6 Å². The predicted molar refractivity (Wildman–Crippen MR) is 59.2 cm³/mol. The quantitative estimate of drug-likeness (QED) is 0.760. The Balaban J connectivity index is 2.57. The summed E-state index contributed by atoms with van der Waals surface area (Å²) in [4.78, 5) is 0. The van der Waals surface area contributed by atoms with Crippen LogP contribution in [-0.2, 0) is 4.74 Å². The van der Waals surface area contributed by atoms with Gasteiger partial charge in [0.2, 0.25) is 0 Å². The first kappa shape index (κ1) is 12.1. The van der Waals surface area contributed by atoms with E-state index in [1.165, 1.54) is 6.07 Å². The molecule has 0 spiro atoms. The molecule has 1 unspecified atom stereocenters. The SMILES string of the molecule is CCCOCC(N)c1ccc(F)c(C)c1. The predicted octanol–water partition coefficient (Wildman–Crippen LogP) is 2.56. The van der Waals surface area contributed by atoms with E-state index in [-0.39, 0.29) is 11.9 Å². The molecule has 15 heavy (non-hydrogen) atoms. The molecule has 0 fully saturated rings. The number of rotatable bonds is 5. The first-order valence-electron chi connectivity index (χ1n) is 5.24. The Kier molecular flexibility index (Phi) is 4.72. The number of ether oxygens (including phenoxy) is 1. The lowest BCUT2D eigenvalue weighted by molar-refractivity contribution is 0.121. The van der Waals surface area contributed by atoms with Crippen molar-refractivity contribution in [2.24, 2.45) is 5.73 Å². The van der Waals surface area contributed by atoms with Gasteiger partial charge in [0.1, 0.15) is 5.82 Å². The Morgan fingerprint density at radius 3 is 2.80 bits per heavy atom. The molecule has 1 aromatic rings. The highest BCUT2D eigenvalue weighted by molar-refractivity contribution is 5.26. The van der Waals surface area contributed by atoms with Gasteiger partial charge < -0.3 is 10.5 Å². The summed E-state index contributed by atoms with van der Waals surface area (Å²) in [5.74, 6) is -0.194. The van der Waals surface area contributed by atoms with Crippen LogP contribution >= 0.6 is 0 Å². The molecule has 0 saturated heterocycles. The van der Waals surface area contributed by atoms with Crippen LogP contribution in [0.2, 0.25) is 0 Å². The average Bonchev–Trinajstić information content (AvgIpc) is 2.22. The van der Waals surface area contributed by atoms with Crippen LogP contribution < -0.4 is 5.73 Å². The lowest BCUT2D eigenvalue weighted by atomic mass is 10.1. The molecule has 0 heterocycles. The highest BCUT2D eigenvalue weighted by Gasteiger charge is 2.07. The minimum Gasteiger partial charge on any atom is -0.379 e. The summed E-state index contributed by atoms with van der Waals surface area (Å²) in [5, 5.41) is 0. The van der Waals surface area contributed by atoms with Crippen molar-refractivity contribution < 1.29 is 9.13 Å². The maximum atomic E-state index is 13.0. The van der Waals surface area contributed by atoms with Gasteiger partial charge in [-0.15, -0.1) is 0 Å². The van der Waals surface area contributed by atoms with Crippen LogP contribution in [0.25, 0.3) is 0 Å². The Hall–Kier alpha value is -0.930. The Bertz CT molecular complexity index is 314. The van der Waals surface area contributed by atoms with E-state index in [0.717, 1.165) is 12.0 Å². The zero-order chi connectivity index (χ0) is 11.3. The lowest BCUT2D eigenvalue weighted by Gasteiger charge is -2.13. The standard InChI is InChI=1S/C12H18FNO/c1-3-6-15-8-12(14)10-4-5-11(13)9(2)7-10/h4-5,7,12H,3,6,8,14H2,1-2H3. The zero-order valence-electron chi connectivity index (χ0n) is 9.29.